The summed E-state index contributed by atoms with van der Waals surface area (Å²) in [4.78, 5) is 23.5. The summed E-state index contributed by atoms with van der Waals surface area (Å²) in [6.45, 7) is -0.305. The molecular weight excluding hydrogens is 334 g/mol. The summed E-state index contributed by atoms with van der Waals surface area (Å²) in [7, 11) is 0. The number of ether oxygens (including phenoxy) is 1. The summed E-state index contributed by atoms with van der Waals surface area (Å²) in [6, 6.07) is 17.6. The predicted molar refractivity (Wildman–Crippen MR) is 96.1 cm³/mol. The van der Waals surface area contributed by atoms with Crippen LogP contribution < -0.4 is 10.1 Å². The fourth-order valence-electron chi connectivity index (χ4n) is 2.56. The maximum absolute atomic E-state index is 12.1. The SMILES string of the molecule is O=C(COc1ccc2ccccc2c1)N[C@H](C(=O)O)c1ccc(O)cc1. The minimum atomic E-state index is -1.22. The summed E-state index contributed by atoms with van der Waals surface area (Å²) in [5, 5.41) is 23.1. The number of hydrogen-bond donors (Lipinski definition) is 3. The molecule has 0 unspecified atom stereocenters. The number of carboxylic acid groups (broad SMARTS) is 1. The molecule has 0 aromatic heterocycles. The molecule has 0 bridgehead atoms. The molecule has 0 spiro atoms. The lowest BCUT2D eigenvalue weighted by Crippen LogP contribution is -2.36. The van der Waals surface area contributed by atoms with Crippen LogP contribution in [0.3, 0.4) is 0 Å². The maximum Gasteiger partial charge on any atom is 0.330 e. The number of phenols is 1. The number of benzene rings is 3. The molecule has 1 atom stereocenters. The first kappa shape index (κ1) is 17.3. The van der Waals surface area contributed by atoms with Crippen molar-refractivity contribution in [2.24, 2.45) is 0 Å². The Hall–Kier alpha value is -3.54. The van der Waals surface area contributed by atoms with Gasteiger partial charge in [-0.15, -0.1) is 0 Å². The number of hydrogen-bond acceptors (Lipinski definition) is 4. The molecule has 6 heteroatoms. The van der Waals surface area contributed by atoms with E-state index in [9.17, 15) is 19.8 Å². The second-order valence-corrected chi connectivity index (χ2v) is 5.73. The van der Waals surface area contributed by atoms with Gasteiger partial charge >= 0.3 is 5.97 Å². The standard InChI is InChI=1S/C20H17NO5/c22-16-8-5-14(6-9-16)19(20(24)25)21-18(23)12-26-17-10-7-13-3-1-2-4-15(13)11-17/h1-11,19,22H,12H2,(H,21,23)(H,24,25)/t19-/m0/s1. The van der Waals surface area contributed by atoms with Crippen LogP contribution in [0.4, 0.5) is 0 Å². The van der Waals surface area contributed by atoms with Gasteiger partial charge in [0, 0.05) is 0 Å². The summed E-state index contributed by atoms with van der Waals surface area (Å²) in [5.74, 6) is -1.22. The number of phenolic OH excluding ortho intramolecular Hbond substituents is 1. The first-order valence-electron chi connectivity index (χ1n) is 7.95. The van der Waals surface area contributed by atoms with Crippen LogP contribution in [0.5, 0.6) is 11.5 Å². The number of aliphatic carboxylic acids is 1. The van der Waals surface area contributed by atoms with E-state index in [1.165, 1.54) is 24.3 Å². The van der Waals surface area contributed by atoms with Gasteiger partial charge in [0.05, 0.1) is 0 Å². The van der Waals surface area contributed by atoms with Crippen molar-refractivity contribution in [1.82, 2.24) is 5.32 Å². The van der Waals surface area contributed by atoms with Gasteiger partial charge in [0.15, 0.2) is 12.6 Å². The zero-order chi connectivity index (χ0) is 18.5. The van der Waals surface area contributed by atoms with Gasteiger partial charge in [-0.1, -0.05) is 42.5 Å². The first-order valence-corrected chi connectivity index (χ1v) is 7.95. The molecule has 0 saturated heterocycles. The molecule has 0 heterocycles. The van der Waals surface area contributed by atoms with E-state index >= 15 is 0 Å². The van der Waals surface area contributed by atoms with Crippen LogP contribution in [0, 0.1) is 0 Å². The van der Waals surface area contributed by atoms with Crippen molar-refractivity contribution in [2.75, 3.05) is 6.61 Å². The first-order chi connectivity index (χ1) is 12.5. The Balaban J connectivity index is 1.64. The fraction of sp³-hybridized carbons (Fsp3) is 0.100. The average Bonchev–Trinajstić information content (AvgIpc) is 2.65. The smallest absolute Gasteiger partial charge is 0.330 e. The maximum atomic E-state index is 12.1. The molecule has 1 amide bonds. The van der Waals surface area contributed by atoms with Crippen molar-refractivity contribution >= 4 is 22.6 Å². The molecular formula is C20H17NO5. The number of rotatable bonds is 6. The summed E-state index contributed by atoms with van der Waals surface area (Å²) in [6.07, 6.45) is 0. The van der Waals surface area contributed by atoms with Gasteiger partial charge < -0.3 is 20.3 Å². The highest BCUT2D eigenvalue weighted by Crippen LogP contribution is 2.21. The quantitative estimate of drug-likeness (QED) is 0.635. The number of carboxylic acids is 1. The second-order valence-electron chi connectivity index (χ2n) is 5.73. The van der Waals surface area contributed by atoms with Gasteiger partial charge in [-0.2, -0.15) is 0 Å². The van der Waals surface area contributed by atoms with Crippen LogP contribution in [0.15, 0.2) is 66.7 Å². The van der Waals surface area contributed by atoms with Crippen LogP contribution in [-0.2, 0) is 9.59 Å². The number of carbonyl (C=O) groups excluding carboxylic acids is 1. The van der Waals surface area contributed by atoms with Crippen molar-refractivity contribution in [1.29, 1.82) is 0 Å². The molecule has 132 valence electrons. The van der Waals surface area contributed by atoms with Gasteiger partial charge in [0.1, 0.15) is 11.5 Å². The Bertz CT molecular complexity index is 936. The highest BCUT2D eigenvalue weighted by atomic mass is 16.5. The monoisotopic (exact) mass is 351 g/mol. The third kappa shape index (κ3) is 4.10. The third-order valence-corrected chi connectivity index (χ3v) is 3.87. The van der Waals surface area contributed by atoms with E-state index in [0.717, 1.165) is 10.8 Å². The molecule has 0 radical (unpaired) electrons. The van der Waals surface area contributed by atoms with Crippen molar-refractivity contribution in [3.63, 3.8) is 0 Å². The van der Waals surface area contributed by atoms with Gasteiger partial charge in [-0.3, -0.25) is 4.79 Å². The van der Waals surface area contributed by atoms with Gasteiger partial charge in [-0.05, 0) is 40.6 Å². The van der Waals surface area contributed by atoms with E-state index in [0.29, 0.717) is 11.3 Å². The molecule has 0 aliphatic carbocycles. The van der Waals surface area contributed by atoms with E-state index in [4.69, 9.17) is 4.74 Å². The fourth-order valence-corrected chi connectivity index (χ4v) is 2.56. The van der Waals surface area contributed by atoms with E-state index < -0.39 is 17.9 Å². The Morgan fingerprint density at radius 2 is 1.65 bits per heavy atom. The Morgan fingerprint density at radius 1 is 0.962 bits per heavy atom. The summed E-state index contributed by atoms with van der Waals surface area (Å²) in [5.41, 5.74) is 0.356. The molecule has 3 aromatic rings. The van der Waals surface area contributed by atoms with E-state index in [1.54, 1.807) is 6.07 Å². The zero-order valence-corrected chi connectivity index (χ0v) is 13.8. The molecule has 0 aliphatic heterocycles. The number of carbonyl (C=O) groups is 2. The van der Waals surface area contributed by atoms with Crippen molar-refractivity contribution in [2.45, 2.75) is 6.04 Å². The molecule has 0 fully saturated rings. The molecule has 0 aliphatic rings. The van der Waals surface area contributed by atoms with Crippen LogP contribution in [0.1, 0.15) is 11.6 Å². The topological polar surface area (TPSA) is 95.9 Å². The zero-order valence-electron chi connectivity index (χ0n) is 13.8. The lowest BCUT2D eigenvalue weighted by molar-refractivity contribution is -0.142. The van der Waals surface area contributed by atoms with Gasteiger partial charge in [0.2, 0.25) is 0 Å². The van der Waals surface area contributed by atoms with Crippen molar-refractivity contribution in [3.8, 4) is 11.5 Å². The number of fused-ring (bicyclic) bond motifs is 1. The second kappa shape index (κ2) is 7.57. The molecule has 6 nitrogen and oxygen atoms in total. The minimum Gasteiger partial charge on any atom is -0.508 e. The Labute approximate surface area is 149 Å². The summed E-state index contributed by atoms with van der Waals surface area (Å²) >= 11 is 0. The molecule has 0 saturated carbocycles. The largest absolute Gasteiger partial charge is 0.508 e. The molecule has 3 N–H and O–H groups in total. The Kier molecular flexibility index (Phi) is 5.03. The Morgan fingerprint density at radius 3 is 2.35 bits per heavy atom. The van der Waals surface area contributed by atoms with Crippen LogP contribution in [0.25, 0.3) is 10.8 Å². The normalized spacial score (nSPS) is 11.7. The number of nitrogens with one attached hydrogen (secondary N) is 1. The minimum absolute atomic E-state index is 0.0175. The molecule has 26 heavy (non-hydrogen) atoms. The molecule has 3 aromatic carbocycles. The lowest BCUT2D eigenvalue weighted by atomic mass is 10.1. The summed E-state index contributed by atoms with van der Waals surface area (Å²) < 4.78 is 5.47. The number of amides is 1. The van der Waals surface area contributed by atoms with Crippen LogP contribution in [-0.4, -0.2) is 28.7 Å². The van der Waals surface area contributed by atoms with Crippen LogP contribution in [0.2, 0.25) is 0 Å². The van der Waals surface area contributed by atoms with Crippen molar-refractivity contribution < 1.29 is 24.5 Å². The van der Waals surface area contributed by atoms with Crippen molar-refractivity contribution in [3.05, 3.63) is 72.3 Å². The molecule has 3 rings (SSSR count). The van der Waals surface area contributed by atoms with Gasteiger partial charge in [0.25, 0.3) is 5.91 Å². The van der Waals surface area contributed by atoms with E-state index in [2.05, 4.69) is 5.32 Å². The average molecular weight is 351 g/mol. The van der Waals surface area contributed by atoms with E-state index in [-0.39, 0.29) is 12.4 Å². The lowest BCUT2D eigenvalue weighted by Gasteiger charge is -2.15. The number of aromatic hydroxyl groups is 1. The van der Waals surface area contributed by atoms with Crippen LogP contribution >= 0.6 is 0 Å². The van der Waals surface area contributed by atoms with Gasteiger partial charge in [-0.25, -0.2) is 4.79 Å². The third-order valence-electron chi connectivity index (χ3n) is 3.87. The van der Waals surface area contributed by atoms with E-state index in [1.807, 2.05) is 36.4 Å². The highest BCUT2D eigenvalue weighted by Gasteiger charge is 2.22. The highest BCUT2D eigenvalue weighted by molar-refractivity contribution is 5.86. The predicted octanol–water partition coefficient (Wildman–Crippen LogP) is 2.87.